The Morgan fingerprint density at radius 2 is 1.39 bits per heavy atom. The van der Waals surface area contributed by atoms with Crippen LogP contribution in [0.25, 0.3) is 11.1 Å². The minimum Gasteiger partial charge on any atom is -0.299 e. The maximum Gasteiger partial charge on any atom is 0.147 e. The third-order valence-corrected chi connectivity index (χ3v) is 6.71. The van der Waals surface area contributed by atoms with E-state index in [1.54, 1.807) is 0 Å². The standard InChI is InChI=1S/C29H38O2/c1-3-4-5-6-7-8-9-23-11-15-25(16-12-23)26-17-13-24(14-18-26)21-29(31)27-19-10-22(2)20-28(27)30/h11-18,22,27H,3-10,19-21H2,1-2H3. The van der Waals surface area contributed by atoms with Crippen molar-refractivity contribution in [3.8, 4) is 11.1 Å². The van der Waals surface area contributed by atoms with Gasteiger partial charge in [-0.2, -0.15) is 0 Å². The Morgan fingerprint density at radius 3 is 2.00 bits per heavy atom. The number of carbonyl (C=O) groups excluding carboxylic acids is 2. The molecule has 2 aromatic carbocycles. The average molecular weight is 419 g/mol. The van der Waals surface area contributed by atoms with Crippen LogP contribution in [0.1, 0.15) is 82.8 Å². The lowest BCUT2D eigenvalue weighted by atomic mass is 9.78. The van der Waals surface area contributed by atoms with E-state index >= 15 is 0 Å². The van der Waals surface area contributed by atoms with Gasteiger partial charge >= 0.3 is 0 Å². The van der Waals surface area contributed by atoms with Crippen LogP contribution in [-0.2, 0) is 22.4 Å². The zero-order valence-corrected chi connectivity index (χ0v) is 19.4. The molecule has 0 radical (unpaired) electrons. The van der Waals surface area contributed by atoms with Gasteiger partial charge in [0.25, 0.3) is 0 Å². The molecule has 2 nitrogen and oxygen atoms in total. The summed E-state index contributed by atoms with van der Waals surface area (Å²) in [6.45, 7) is 4.35. The summed E-state index contributed by atoms with van der Waals surface area (Å²) in [5, 5.41) is 0. The van der Waals surface area contributed by atoms with Crippen molar-refractivity contribution in [2.75, 3.05) is 0 Å². The normalized spacial score (nSPS) is 18.8. The van der Waals surface area contributed by atoms with Crippen LogP contribution in [0.3, 0.4) is 0 Å². The van der Waals surface area contributed by atoms with Crippen LogP contribution < -0.4 is 0 Å². The zero-order chi connectivity index (χ0) is 22.1. The van der Waals surface area contributed by atoms with Crippen LogP contribution in [0.2, 0.25) is 0 Å². The first-order valence-electron chi connectivity index (χ1n) is 12.3. The molecule has 31 heavy (non-hydrogen) atoms. The van der Waals surface area contributed by atoms with E-state index in [1.807, 2.05) is 12.1 Å². The SMILES string of the molecule is CCCCCCCCc1ccc(-c2ccc(CC(=O)C3CCC(C)CC3=O)cc2)cc1. The number of carbonyl (C=O) groups is 2. The van der Waals surface area contributed by atoms with Gasteiger partial charge in [0, 0.05) is 12.8 Å². The third-order valence-electron chi connectivity index (χ3n) is 6.71. The predicted octanol–water partition coefficient (Wildman–Crippen LogP) is 7.37. The maximum atomic E-state index is 12.6. The number of aryl methyl sites for hydroxylation is 1. The van der Waals surface area contributed by atoms with Crippen molar-refractivity contribution in [3.05, 3.63) is 59.7 Å². The zero-order valence-electron chi connectivity index (χ0n) is 19.4. The Labute approximate surface area is 188 Å². The van der Waals surface area contributed by atoms with Crippen molar-refractivity contribution in [1.29, 1.82) is 0 Å². The van der Waals surface area contributed by atoms with E-state index < -0.39 is 0 Å². The van der Waals surface area contributed by atoms with E-state index in [4.69, 9.17) is 0 Å². The Bertz CT molecular complexity index is 832. The summed E-state index contributed by atoms with van der Waals surface area (Å²) < 4.78 is 0. The van der Waals surface area contributed by atoms with Crippen molar-refractivity contribution in [2.45, 2.75) is 84.5 Å². The van der Waals surface area contributed by atoms with Gasteiger partial charge in [0.2, 0.25) is 0 Å². The summed E-state index contributed by atoms with van der Waals surface area (Å²) in [6.07, 6.45) is 11.8. The quantitative estimate of drug-likeness (QED) is 0.282. The molecule has 1 aliphatic rings. The number of hydrogen-bond acceptors (Lipinski definition) is 2. The second-order valence-corrected chi connectivity index (χ2v) is 9.46. The molecule has 3 rings (SSSR count). The number of benzene rings is 2. The van der Waals surface area contributed by atoms with Gasteiger partial charge in [0.1, 0.15) is 11.6 Å². The molecule has 0 heterocycles. The van der Waals surface area contributed by atoms with Gasteiger partial charge in [0.15, 0.2) is 0 Å². The summed E-state index contributed by atoms with van der Waals surface area (Å²) in [4.78, 5) is 24.8. The Hall–Kier alpha value is -2.22. The van der Waals surface area contributed by atoms with Gasteiger partial charge < -0.3 is 0 Å². The van der Waals surface area contributed by atoms with Crippen LogP contribution in [0.15, 0.2) is 48.5 Å². The number of unbranched alkanes of at least 4 members (excludes halogenated alkanes) is 5. The lowest BCUT2D eigenvalue weighted by molar-refractivity contribution is -0.134. The highest BCUT2D eigenvalue weighted by Crippen LogP contribution is 2.27. The number of rotatable bonds is 11. The molecule has 0 bridgehead atoms. The lowest BCUT2D eigenvalue weighted by Gasteiger charge is -2.23. The lowest BCUT2D eigenvalue weighted by Crippen LogP contribution is -2.31. The maximum absolute atomic E-state index is 12.6. The largest absolute Gasteiger partial charge is 0.299 e. The molecule has 1 fully saturated rings. The molecule has 0 aliphatic heterocycles. The summed E-state index contributed by atoms with van der Waals surface area (Å²) in [7, 11) is 0. The van der Waals surface area contributed by atoms with Crippen LogP contribution >= 0.6 is 0 Å². The van der Waals surface area contributed by atoms with Crippen molar-refractivity contribution in [1.82, 2.24) is 0 Å². The molecule has 0 amide bonds. The fourth-order valence-electron chi connectivity index (χ4n) is 4.65. The molecule has 2 aromatic rings. The second kappa shape index (κ2) is 12.0. The van der Waals surface area contributed by atoms with E-state index in [0.717, 1.165) is 24.8 Å². The molecule has 1 aliphatic carbocycles. The summed E-state index contributed by atoms with van der Waals surface area (Å²) >= 11 is 0. The van der Waals surface area contributed by atoms with E-state index in [-0.39, 0.29) is 17.5 Å². The summed E-state index contributed by atoms with van der Waals surface area (Å²) in [6, 6.07) is 17.2. The molecule has 2 heteroatoms. The van der Waals surface area contributed by atoms with Gasteiger partial charge in [-0.3, -0.25) is 9.59 Å². The fraction of sp³-hybridized carbons (Fsp3) is 0.517. The van der Waals surface area contributed by atoms with E-state index in [1.165, 1.54) is 55.2 Å². The van der Waals surface area contributed by atoms with Crippen molar-refractivity contribution < 1.29 is 9.59 Å². The molecule has 0 N–H and O–H groups in total. The molecule has 0 spiro atoms. The summed E-state index contributed by atoms with van der Waals surface area (Å²) in [5.41, 5.74) is 4.79. The number of Topliss-reactive ketones (excluding diaryl/α,β-unsaturated/α-hetero) is 2. The van der Waals surface area contributed by atoms with Gasteiger partial charge in [-0.1, -0.05) is 94.5 Å². The monoisotopic (exact) mass is 418 g/mol. The minimum atomic E-state index is -0.380. The van der Waals surface area contributed by atoms with Gasteiger partial charge in [-0.15, -0.1) is 0 Å². The number of ketones is 2. The fourth-order valence-corrected chi connectivity index (χ4v) is 4.65. The van der Waals surface area contributed by atoms with Gasteiger partial charge in [0.05, 0.1) is 5.92 Å². The van der Waals surface area contributed by atoms with E-state index in [0.29, 0.717) is 18.8 Å². The topological polar surface area (TPSA) is 34.1 Å². The molecular formula is C29H38O2. The van der Waals surface area contributed by atoms with Crippen molar-refractivity contribution in [2.24, 2.45) is 11.8 Å². The highest BCUT2D eigenvalue weighted by atomic mass is 16.1. The highest BCUT2D eigenvalue weighted by Gasteiger charge is 2.31. The van der Waals surface area contributed by atoms with Crippen molar-refractivity contribution in [3.63, 3.8) is 0 Å². The molecule has 2 atom stereocenters. The first-order chi connectivity index (χ1) is 15.1. The number of hydrogen-bond donors (Lipinski definition) is 0. The Morgan fingerprint density at radius 1 is 0.806 bits per heavy atom. The van der Waals surface area contributed by atoms with Crippen LogP contribution in [0.4, 0.5) is 0 Å². The highest BCUT2D eigenvalue weighted by molar-refractivity contribution is 6.03. The third kappa shape index (κ3) is 7.16. The molecular weight excluding hydrogens is 380 g/mol. The Balaban J connectivity index is 1.49. The van der Waals surface area contributed by atoms with Gasteiger partial charge in [-0.25, -0.2) is 0 Å². The van der Waals surface area contributed by atoms with Crippen LogP contribution in [0, 0.1) is 11.8 Å². The Kier molecular flexibility index (Phi) is 9.06. The molecule has 166 valence electrons. The molecule has 0 aromatic heterocycles. The molecule has 1 saturated carbocycles. The van der Waals surface area contributed by atoms with Crippen molar-refractivity contribution >= 4 is 11.6 Å². The minimum absolute atomic E-state index is 0.0868. The molecule has 0 saturated heterocycles. The smallest absolute Gasteiger partial charge is 0.147 e. The average Bonchev–Trinajstić information content (AvgIpc) is 2.77. The van der Waals surface area contributed by atoms with E-state index in [9.17, 15) is 9.59 Å². The van der Waals surface area contributed by atoms with Crippen LogP contribution in [-0.4, -0.2) is 11.6 Å². The molecule has 2 unspecified atom stereocenters. The van der Waals surface area contributed by atoms with E-state index in [2.05, 4.69) is 50.2 Å². The van der Waals surface area contributed by atoms with Crippen LogP contribution in [0.5, 0.6) is 0 Å². The van der Waals surface area contributed by atoms with Gasteiger partial charge in [-0.05, 0) is 53.9 Å². The predicted molar refractivity (Wildman–Crippen MR) is 129 cm³/mol. The summed E-state index contributed by atoms with van der Waals surface area (Å²) in [5.74, 6) is 0.271. The first-order valence-corrected chi connectivity index (χ1v) is 12.3. The second-order valence-electron chi connectivity index (χ2n) is 9.46. The first kappa shape index (κ1) is 23.4.